The molecule has 0 unspecified atom stereocenters. The maximum Gasteiger partial charge on any atom is 0.332 e. The first-order chi connectivity index (χ1) is 12.3. The Morgan fingerprint density at radius 1 is 1.27 bits per heavy atom. The predicted molar refractivity (Wildman–Crippen MR) is 96.3 cm³/mol. The van der Waals surface area contributed by atoms with Crippen LogP contribution in [-0.2, 0) is 25.4 Å². The van der Waals surface area contributed by atoms with Gasteiger partial charge in [-0.3, -0.25) is 18.7 Å². The second-order valence-corrected chi connectivity index (χ2v) is 5.76. The Morgan fingerprint density at radius 3 is 2.65 bits per heavy atom. The van der Waals surface area contributed by atoms with Crippen molar-refractivity contribution in [2.75, 3.05) is 18.2 Å². The van der Waals surface area contributed by atoms with Gasteiger partial charge in [0.1, 0.15) is 12.3 Å². The van der Waals surface area contributed by atoms with Crippen LogP contribution in [0.4, 0.5) is 11.4 Å². The van der Waals surface area contributed by atoms with Gasteiger partial charge in [-0.05, 0) is 18.2 Å². The molecule has 1 aromatic carbocycles. The van der Waals surface area contributed by atoms with Crippen LogP contribution in [0, 0.1) is 0 Å². The number of hydrogen-bond donors (Lipinski definition) is 2. The Kier molecular flexibility index (Phi) is 4.24. The highest BCUT2D eigenvalue weighted by Gasteiger charge is 2.16. The number of aromatic nitrogens is 4. The minimum atomic E-state index is -0.512. The number of aryl methyl sites for hydroxylation is 1. The highest BCUT2D eigenvalue weighted by molar-refractivity contribution is 5.92. The first-order valence-electron chi connectivity index (χ1n) is 7.67. The van der Waals surface area contributed by atoms with Gasteiger partial charge in [-0.15, -0.1) is 0 Å². The van der Waals surface area contributed by atoms with Crippen LogP contribution >= 0.6 is 0 Å². The van der Waals surface area contributed by atoms with Crippen LogP contribution < -0.4 is 27.0 Å². The lowest BCUT2D eigenvalue weighted by molar-refractivity contribution is -0.116. The number of amides is 1. The molecule has 3 rings (SSSR count). The number of imidazole rings is 1. The summed E-state index contributed by atoms with van der Waals surface area (Å²) in [7, 11) is 4.39. The summed E-state index contributed by atoms with van der Waals surface area (Å²) in [6.07, 6.45) is 1.35. The van der Waals surface area contributed by atoms with Crippen LogP contribution in [0.5, 0.6) is 5.75 Å². The molecule has 0 spiro atoms. The van der Waals surface area contributed by atoms with Crippen LogP contribution in [0.3, 0.4) is 0 Å². The van der Waals surface area contributed by atoms with Crippen molar-refractivity contribution in [1.29, 1.82) is 0 Å². The average Bonchev–Trinajstić information content (AvgIpc) is 3.01. The molecule has 0 bridgehead atoms. The molecule has 0 atom stereocenters. The highest BCUT2D eigenvalue weighted by Crippen LogP contribution is 2.24. The van der Waals surface area contributed by atoms with Gasteiger partial charge in [-0.25, -0.2) is 9.78 Å². The summed E-state index contributed by atoms with van der Waals surface area (Å²) < 4.78 is 8.70. The molecular formula is C16H18N6O4. The average molecular weight is 358 g/mol. The number of ether oxygens (including phenoxy) is 1. The molecule has 3 aromatic rings. The van der Waals surface area contributed by atoms with Gasteiger partial charge in [0.25, 0.3) is 5.56 Å². The topological polar surface area (TPSA) is 126 Å². The van der Waals surface area contributed by atoms with E-state index in [0.29, 0.717) is 17.1 Å². The van der Waals surface area contributed by atoms with Crippen LogP contribution in [-0.4, -0.2) is 31.7 Å². The lowest BCUT2D eigenvalue weighted by atomic mass is 10.2. The normalized spacial score (nSPS) is 10.9. The minimum absolute atomic E-state index is 0.143. The van der Waals surface area contributed by atoms with E-state index in [0.717, 1.165) is 4.57 Å². The van der Waals surface area contributed by atoms with Gasteiger partial charge in [-0.1, -0.05) is 0 Å². The maximum atomic E-state index is 12.4. The number of benzene rings is 1. The van der Waals surface area contributed by atoms with Gasteiger partial charge in [0.05, 0.1) is 19.1 Å². The molecule has 0 fully saturated rings. The maximum absolute atomic E-state index is 12.4. The molecule has 10 heteroatoms. The fourth-order valence-electron chi connectivity index (χ4n) is 2.68. The van der Waals surface area contributed by atoms with Crippen molar-refractivity contribution in [3.63, 3.8) is 0 Å². The molecule has 0 aliphatic rings. The molecule has 0 aliphatic carbocycles. The van der Waals surface area contributed by atoms with E-state index in [9.17, 15) is 14.4 Å². The number of anilines is 2. The molecular weight excluding hydrogens is 340 g/mol. The smallest absolute Gasteiger partial charge is 0.332 e. The third-order valence-electron chi connectivity index (χ3n) is 4.04. The molecule has 10 nitrogen and oxygen atoms in total. The Bertz CT molecular complexity index is 1120. The van der Waals surface area contributed by atoms with Crippen LogP contribution in [0.15, 0.2) is 34.1 Å². The summed E-state index contributed by atoms with van der Waals surface area (Å²) in [5.41, 5.74) is 6.12. The van der Waals surface area contributed by atoms with E-state index >= 15 is 0 Å². The summed E-state index contributed by atoms with van der Waals surface area (Å²) in [6, 6.07) is 4.87. The number of hydrogen-bond acceptors (Lipinski definition) is 6. The summed E-state index contributed by atoms with van der Waals surface area (Å²) in [5, 5.41) is 2.70. The van der Waals surface area contributed by atoms with E-state index in [4.69, 9.17) is 10.5 Å². The van der Waals surface area contributed by atoms with Crippen molar-refractivity contribution in [3.05, 3.63) is 45.4 Å². The predicted octanol–water partition coefficient (Wildman–Crippen LogP) is -0.337. The van der Waals surface area contributed by atoms with E-state index < -0.39 is 11.2 Å². The quantitative estimate of drug-likeness (QED) is 0.615. The zero-order valence-corrected chi connectivity index (χ0v) is 14.5. The van der Waals surface area contributed by atoms with Gasteiger partial charge in [0, 0.05) is 19.8 Å². The van der Waals surface area contributed by atoms with E-state index in [1.54, 1.807) is 18.2 Å². The minimum Gasteiger partial charge on any atom is -0.495 e. The van der Waals surface area contributed by atoms with E-state index in [-0.39, 0.29) is 23.6 Å². The number of fused-ring (bicyclic) bond motifs is 1. The number of nitrogens with zero attached hydrogens (tertiary/aromatic N) is 4. The molecule has 0 radical (unpaired) electrons. The second kappa shape index (κ2) is 6.39. The third kappa shape index (κ3) is 2.81. The number of rotatable bonds is 4. The van der Waals surface area contributed by atoms with Gasteiger partial charge >= 0.3 is 5.69 Å². The number of carbonyl (C=O) groups excluding carboxylic acids is 1. The molecule has 26 heavy (non-hydrogen) atoms. The molecule has 0 saturated carbocycles. The summed E-state index contributed by atoms with van der Waals surface area (Å²) in [4.78, 5) is 40.7. The Labute approximate surface area is 147 Å². The Hall–Kier alpha value is -3.56. The van der Waals surface area contributed by atoms with Crippen molar-refractivity contribution in [1.82, 2.24) is 18.7 Å². The number of nitrogen functional groups attached to an aromatic ring is 1. The molecule has 3 N–H and O–H groups in total. The fourth-order valence-corrected chi connectivity index (χ4v) is 2.68. The standard InChI is InChI=1S/C16H18N6O4/c1-20-14-13(15(24)21(2)16(20)25)22(8-18-14)7-12(23)19-9-4-5-11(26-3)10(17)6-9/h4-6,8H,7,17H2,1-3H3,(H,19,23). The van der Waals surface area contributed by atoms with E-state index in [2.05, 4.69) is 10.3 Å². The Balaban J connectivity index is 1.90. The van der Waals surface area contributed by atoms with Crippen molar-refractivity contribution in [2.24, 2.45) is 14.1 Å². The summed E-state index contributed by atoms with van der Waals surface area (Å²) in [5.74, 6) is 0.137. The first-order valence-corrected chi connectivity index (χ1v) is 7.67. The largest absolute Gasteiger partial charge is 0.495 e. The summed E-state index contributed by atoms with van der Waals surface area (Å²) >= 11 is 0. The van der Waals surface area contributed by atoms with Gasteiger partial charge in [-0.2, -0.15) is 0 Å². The molecule has 2 aromatic heterocycles. The first kappa shape index (κ1) is 17.3. The number of methoxy groups -OCH3 is 1. The molecule has 136 valence electrons. The fraction of sp³-hybridized carbons (Fsp3) is 0.250. The number of carbonyl (C=O) groups is 1. The van der Waals surface area contributed by atoms with Gasteiger partial charge in [0.2, 0.25) is 5.91 Å². The molecule has 2 heterocycles. The summed E-state index contributed by atoms with van der Waals surface area (Å²) in [6.45, 7) is -0.143. The zero-order chi connectivity index (χ0) is 19.0. The zero-order valence-electron chi connectivity index (χ0n) is 14.5. The molecule has 1 amide bonds. The van der Waals surface area contributed by atoms with Gasteiger partial charge in [0.15, 0.2) is 11.2 Å². The van der Waals surface area contributed by atoms with Crippen LogP contribution in [0.25, 0.3) is 11.2 Å². The number of nitrogens with two attached hydrogens (primary N) is 1. The third-order valence-corrected chi connectivity index (χ3v) is 4.04. The Morgan fingerprint density at radius 2 is 2.00 bits per heavy atom. The van der Waals surface area contributed by atoms with Crippen LogP contribution in [0.1, 0.15) is 0 Å². The van der Waals surface area contributed by atoms with E-state index in [1.165, 1.54) is 36.7 Å². The second-order valence-electron chi connectivity index (χ2n) is 5.76. The van der Waals surface area contributed by atoms with Crippen molar-refractivity contribution < 1.29 is 9.53 Å². The van der Waals surface area contributed by atoms with Crippen molar-refractivity contribution in [3.8, 4) is 5.75 Å². The SMILES string of the molecule is COc1ccc(NC(=O)Cn2cnc3c2c(=O)n(C)c(=O)n3C)cc1N. The van der Waals surface area contributed by atoms with E-state index in [1.807, 2.05) is 0 Å². The molecule has 0 saturated heterocycles. The lowest BCUT2D eigenvalue weighted by Crippen LogP contribution is -2.37. The van der Waals surface area contributed by atoms with Crippen molar-refractivity contribution in [2.45, 2.75) is 6.54 Å². The highest BCUT2D eigenvalue weighted by atomic mass is 16.5. The van der Waals surface area contributed by atoms with Crippen molar-refractivity contribution >= 4 is 28.4 Å². The molecule has 0 aliphatic heterocycles. The monoisotopic (exact) mass is 358 g/mol. The van der Waals surface area contributed by atoms with Gasteiger partial charge < -0.3 is 20.4 Å². The number of nitrogens with one attached hydrogen (secondary N) is 1. The van der Waals surface area contributed by atoms with Crippen LogP contribution in [0.2, 0.25) is 0 Å². The lowest BCUT2D eigenvalue weighted by Gasteiger charge is -2.10.